The van der Waals surface area contributed by atoms with E-state index in [-0.39, 0.29) is 4.90 Å². The fraction of sp³-hybridized carbons (Fsp3) is 0.250. The lowest BCUT2D eigenvalue weighted by atomic mass is 10.1. The second-order valence-electron chi connectivity index (χ2n) is 5.00. The molecule has 0 radical (unpaired) electrons. The van der Waals surface area contributed by atoms with Gasteiger partial charge in [-0.2, -0.15) is 0 Å². The number of ether oxygens (including phenoxy) is 1. The first-order chi connectivity index (χ1) is 9.92. The van der Waals surface area contributed by atoms with Crippen LogP contribution in [0.5, 0.6) is 0 Å². The Bertz CT molecular complexity index is 722. The molecular formula is C16H19NO3S. The van der Waals surface area contributed by atoms with Crippen LogP contribution in [0.3, 0.4) is 0 Å². The van der Waals surface area contributed by atoms with Gasteiger partial charge in [0.25, 0.3) is 10.0 Å². The van der Waals surface area contributed by atoms with E-state index in [2.05, 4.69) is 4.72 Å². The van der Waals surface area contributed by atoms with Crippen LogP contribution in [0.1, 0.15) is 16.7 Å². The minimum Gasteiger partial charge on any atom is -0.380 e. The number of nitrogens with one attached hydrogen (secondary N) is 1. The van der Waals surface area contributed by atoms with Gasteiger partial charge in [-0.3, -0.25) is 4.72 Å². The molecule has 0 fully saturated rings. The highest BCUT2D eigenvalue weighted by Crippen LogP contribution is 2.21. The van der Waals surface area contributed by atoms with Crippen molar-refractivity contribution in [3.05, 3.63) is 59.2 Å². The molecule has 0 bridgehead atoms. The molecule has 4 nitrogen and oxygen atoms in total. The van der Waals surface area contributed by atoms with Gasteiger partial charge in [-0.1, -0.05) is 29.8 Å². The second kappa shape index (κ2) is 6.28. The van der Waals surface area contributed by atoms with Crippen molar-refractivity contribution in [1.29, 1.82) is 0 Å². The minimum absolute atomic E-state index is 0.238. The summed E-state index contributed by atoms with van der Waals surface area (Å²) in [5.74, 6) is 0. The fourth-order valence-corrected chi connectivity index (χ4v) is 3.19. The van der Waals surface area contributed by atoms with Gasteiger partial charge in [0.05, 0.1) is 17.2 Å². The summed E-state index contributed by atoms with van der Waals surface area (Å²) < 4.78 is 32.4. The molecule has 1 N–H and O–H groups in total. The maximum absolute atomic E-state index is 12.4. The molecule has 0 aliphatic heterocycles. The van der Waals surface area contributed by atoms with E-state index in [0.29, 0.717) is 12.3 Å². The van der Waals surface area contributed by atoms with E-state index in [4.69, 9.17) is 4.74 Å². The molecule has 0 spiro atoms. The number of sulfonamides is 1. The van der Waals surface area contributed by atoms with Crippen molar-refractivity contribution in [1.82, 2.24) is 0 Å². The molecule has 0 amide bonds. The van der Waals surface area contributed by atoms with Crippen LogP contribution in [0.4, 0.5) is 5.69 Å². The zero-order valence-corrected chi connectivity index (χ0v) is 13.2. The van der Waals surface area contributed by atoms with E-state index in [9.17, 15) is 8.42 Å². The molecule has 0 aromatic heterocycles. The largest absolute Gasteiger partial charge is 0.380 e. The van der Waals surface area contributed by atoms with E-state index in [1.54, 1.807) is 37.4 Å². The number of benzene rings is 2. The SMILES string of the molecule is COCc1ccc(S(=O)(=O)Nc2ccc(C)cc2C)cc1. The summed E-state index contributed by atoms with van der Waals surface area (Å²) in [6.45, 7) is 4.32. The molecule has 0 unspecified atom stereocenters. The Morgan fingerprint density at radius 2 is 1.71 bits per heavy atom. The van der Waals surface area contributed by atoms with Crippen LogP contribution in [-0.2, 0) is 21.4 Å². The first kappa shape index (κ1) is 15.5. The Morgan fingerprint density at radius 1 is 1.05 bits per heavy atom. The number of hydrogen-bond donors (Lipinski definition) is 1. The summed E-state index contributed by atoms with van der Waals surface area (Å²) in [5, 5.41) is 0. The van der Waals surface area contributed by atoms with E-state index < -0.39 is 10.0 Å². The summed E-state index contributed by atoms with van der Waals surface area (Å²) >= 11 is 0. The molecule has 0 saturated heterocycles. The number of methoxy groups -OCH3 is 1. The lowest BCUT2D eigenvalue weighted by molar-refractivity contribution is 0.185. The highest BCUT2D eigenvalue weighted by atomic mass is 32.2. The van der Waals surface area contributed by atoms with Crippen molar-refractivity contribution in [2.45, 2.75) is 25.3 Å². The van der Waals surface area contributed by atoms with Gasteiger partial charge in [0.1, 0.15) is 0 Å². The van der Waals surface area contributed by atoms with Crippen molar-refractivity contribution < 1.29 is 13.2 Å². The van der Waals surface area contributed by atoms with Crippen LogP contribution in [-0.4, -0.2) is 15.5 Å². The maximum Gasteiger partial charge on any atom is 0.261 e. The standard InChI is InChI=1S/C16H19NO3S/c1-12-4-9-16(13(2)10-12)17-21(18,19)15-7-5-14(6-8-15)11-20-3/h4-10,17H,11H2,1-3H3. The summed E-state index contributed by atoms with van der Waals surface area (Å²) in [4.78, 5) is 0.238. The van der Waals surface area contributed by atoms with Crippen LogP contribution >= 0.6 is 0 Å². The van der Waals surface area contributed by atoms with Gasteiger partial charge in [-0.25, -0.2) is 8.42 Å². The van der Waals surface area contributed by atoms with Crippen molar-refractivity contribution in [2.24, 2.45) is 0 Å². The van der Waals surface area contributed by atoms with Gasteiger partial charge in [0.2, 0.25) is 0 Å². The smallest absolute Gasteiger partial charge is 0.261 e. The lowest BCUT2D eigenvalue weighted by Crippen LogP contribution is -2.13. The van der Waals surface area contributed by atoms with Gasteiger partial charge < -0.3 is 4.74 Å². The van der Waals surface area contributed by atoms with Crippen molar-refractivity contribution in [3.8, 4) is 0 Å². The third-order valence-corrected chi connectivity index (χ3v) is 4.55. The molecule has 0 aliphatic rings. The molecule has 0 atom stereocenters. The zero-order chi connectivity index (χ0) is 15.5. The highest BCUT2D eigenvalue weighted by Gasteiger charge is 2.15. The highest BCUT2D eigenvalue weighted by molar-refractivity contribution is 7.92. The Hall–Kier alpha value is -1.85. The van der Waals surface area contributed by atoms with Gasteiger partial charge in [-0.05, 0) is 43.2 Å². The second-order valence-corrected chi connectivity index (χ2v) is 6.68. The van der Waals surface area contributed by atoms with Crippen LogP contribution in [0, 0.1) is 13.8 Å². The first-order valence-corrected chi connectivity index (χ1v) is 8.08. The molecule has 21 heavy (non-hydrogen) atoms. The molecule has 0 aliphatic carbocycles. The lowest BCUT2D eigenvalue weighted by Gasteiger charge is -2.11. The predicted octanol–water partition coefficient (Wildman–Crippen LogP) is 3.25. The number of anilines is 1. The Labute approximate surface area is 125 Å². The molecule has 5 heteroatoms. The predicted molar refractivity (Wildman–Crippen MR) is 83.9 cm³/mol. The fourth-order valence-electron chi connectivity index (χ4n) is 2.06. The maximum atomic E-state index is 12.4. The monoisotopic (exact) mass is 305 g/mol. The third-order valence-electron chi connectivity index (χ3n) is 3.17. The molecule has 2 rings (SSSR count). The molecular weight excluding hydrogens is 286 g/mol. The molecule has 0 heterocycles. The van der Waals surface area contributed by atoms with Crippen LogP contribution in [0.25, 0.3) is 0 Å². The van der Waals surface area contributed by atoms with Gasteiger partial charge in [0, 0.05) is 7.11 Å². The van der Waals surface area contributed by atoms with Crippen LogP contribution in [0.15, 0.2) is 47.4 Å². The summed E-state index contributed by atoms with van der Waals surface area (Å²) in [6, 6.07) is 12.3. The van der Waals surface area contributed by atoms with Crippen molar-refractivity contribution >= 4 is 15.7 Å². The number of hydrogen-bond acceptors (Lipinski definition) is 3. The zero-order valence-electron chi connectivity index (χ0n) is 12.4. The normalized spacial score (nSPS) is 11.4. The van der Waals surface area contributed by atoms with E-state index in [1.807, 2.05) is 26.0 Å². The summed E-state index contributed by atoms with van der Waals surface area (Å²) in [6.07, 6.45) is 0. The molecule has 2 aromatic rings. The Morgan fingerprint density at radius 3 is 2.29 bits per heavy atom. The van der Waals surface area contributed by atoms with Crippen LogP contribution in [0.2, 0.25) is 0 Å². The Kier molecular flexibility index (Phi) is 4.65. The van der Waals surface area contributed by atoms with E-state index >= 15 is 0 Å². The van der Waals surface area contributed by atoms with E-state index in [1.165, 1.54) is 0 Å². The summed E-state index contributed by atoms with van der Waals surface area (Å²) in [5.41, 5.74) is 3.53. The summed E-state index contributed by atoms with van der Waals surface area (Å²) in [7, 11) is -1.97. The average molecular weight is 305 g/mol. The van der Waals surface area contributed by atoms with Crippen LogP contribution < -0.4 is 4.72 Å². The molecule has 112 valence electrons. The quantitative estimate of drug-likeness (QED) is 0.922. The van der Waals surface area contributed by atoms with Crippen molar-refractivity contribution in [3.63, 3.8) is 0 Å². The molecule has 2 aromatic carbocycles. The third kappa shape index (κ3) is 3.83. The molecule has 0 saturated carbocycles. The Balaban J connectivity index is 2.25. The van der Waals surface area contributed by atoms with E-state index in [0.717, 1.165) is 16.7 Å². The van der Waals surface area contributed by atoms with Gasteiger partial charge in [0.15, 0.2) is 0 Å². The first-order valence-electron chi connectivity index (χ1n) is 6.60. The average Bonchev–Trinajstić information content (AvgIpc) is 2.43. The topological polar surface area (TPSA) is 55.4 Å². The number of rotatable bonds is 5. The van der Waals surface area contributed by atoms with Crippen molar-refractivity contribution in [2.75, 3.05) is 11.8 Å². The minimum atomic E-state index is -3.57. The van der Waals surface area contributed by atoms with Gasteiger partial charge >= 0.3 is 0 Å². The van der Waals surface area contributed by atoms with Gasteiger partial charge in [-0.15, -0.1) is 0 Å². The number of aryl methyl sites for hydroxylation is 2.